The molecule has 1 heterocycles. The molecule has 2 aliphatic rings. The third-order valence-electron chi connectivity index (χ3n) is 4.27. The van der Waals surface area contributed by atoms with Crippen LogP contribution in [0.2, 0.25) is 0 Å². The van der Waals surface area contributed by atoms with Crippen molar-refractivity contribution in [1.29, 1.82) is 0 Å². The lowest BCUT2D eigenvalue weighted by molar-refractivity contribution is -0.0558. The summed E-state index contributed by atoms with van der Waals surface area (Å²) in [7, 11) is 0. The summed E-state index contributed by atoms with van der Waals surface area (Å²) in [6.07, 6.45) is 8.60. The van der Waals surface area contributed by atoms with Gasteiger partial charge in [0.05, 0.1) is 12.7 Å². The number of nitrogens with one attached hydrogen (secondary N) is 1. The number of ether oxygens (including phenoxy) is 1. The fourth-order valence-corrected chi connectivity index (χ4v) is 3.29. The molecule has 2 rings (SSSR count). The van der Waals surface area contributed by atoms with Crippen LogP contribution < -0.4 is 5.32 Å². The molecule has 1 N–H and O–H groups in total. The van der Waals surface area contributed by atoms with Crippen molar-refractivity contribution in [2.45, 2.75) is 70.6 Å². The van der Waals surface area contributed by atoms with Crippen molar-refractivity contribution in [1.82, 2.24) is 10.2 Å². The van der Waals surface area contributed by atoms with Crippen LogP contribution in [0.1, 0.15) is 52.4 Å². The van der Waals surface area contributed by atoms with Crippen LogP contribution in [0.4, 0.5) is 0 Å². The molecular formula is C15H30N2O. The van der Waals surface area contributed by atoms with Gasteiger partial charge in [-0.2, -0.15) is 0 Å². The van der Waals surface area contributed by atoms with Crippen molar-refractivity contribution in [2.24, 2.45) is 0 Å². The number of fused-ring (bicyclic) bond motifs is 1. The number of rotatable bonds is 7. The van der Waals surface area contributed by atoms with Crippen molar-refractivity contribution in [2.75, 3.05) is 26.2 Å². The largest absolute Gasteiger partial charge is 0.375 e. The molecule has 0 aromatic heterocycles. The van der Waals surface area contributed by atoms with Crippen LogP contribution in [0.3, 0.4) is 0 Å². The van der Waals surface area contributed by atoms with Gasteiger partial charge in [0.15, 0.2) is 0 Å². The Bertz CT molecular complexity index is 233. The summed E-state index contributed by atoms with van der Waals surface area (Å²) in [5.74, 6) is 0. The van der Waals surface area contributed by atoms with E-state index < -0.39 is 0 Å². The molecule has 1 saturated heterocycles. The maximum absolute atomic E-state index is 5.85. The SMILES string of the molecule is CC(C)NCCCCCN1CCOC2CCCC21. The first-order valence-corrected chi connectivity index (χ1v) is 7.86. The second-order valence-electron chi connectivity index (χ2n) is 6.11. The van der Waals surface area contributed by atoms with Crippen LogP contribution in [0.25, 0.3) is 0 Å². The number of hydrogen-bond acceptors (Lipinski definition) is 3. The smallest absolute Gasteiger partial charge is 0.0730 e. The lowest BCUT2D eigenvalue weighted by atomic mass is 10.1. The first kappa shape index (κ1) is 14.3. The van der Waals surface area contributed by atoms with E-state index in [1.807, 2.05) is 0 Å². The van der Waals surface area contributed by atoms with E-state index in [1.165, 1.54) is 51.6 Å². The minimum absolute atomic E-state index is 0.557. The minimum Gasteiger partial charge on any atom is -0.375 e. The van der Waals surface area contributed by atoms with Gasteiger partial charge in [0.1, 0.15) is 0 Å². The van der Waals surface area contributed by atoms with E-state index in [9.17, 15) is 0 Å². The van der Waals surface area contributed by atoms with E-state index in [2.05, 4.69) is 24.1 Å². The summed E-state index contributed by atoms with van der Waals surface area (Å²) in [6.45, 7) is 9.00. The molecule has 0 radical (unpaired) electrons. The van der Waals surface area contributed by atoms with Crippen LogP contribution in [0, 0.1) is 0 Å². The van der Waals surface area contributed by atoms with Crippen LogP contribution in [-0.2, 0) is 4.74 Å². The Morgan fingerprint density at radius 3 is 2.94 bits per heavy atom. The van der Waals surface area contributed by atoms with Gasteiger partial charge in [0.2, 0.25) is 0 Å². The Morgan fingerprint density at radius 2 is 2.11 bits per heavy atom. The number of morpholine rings is 1. The zero-order valence-electron chi connectivity index (χ0n) is 12.2. The second kappa shape index (κ2) is 7.46. The molecule has 1 saturated carbocycles. The van der Waals surface area contributed by atoms with Crippen LogP contribution >= 0.6 is 0 Å². The van der Waals surface area contributed by atoms with Gasteiger partial charge in [0, 0.05) is 18.6 Å². The Balaban J connectivity index is 1.55. The number of unbranched alkanes of at least 4 members (excludes halogenated alkanes) is 2. The first-order valence-electron chi connectivity index (χ1n) is 7.86. The molecule has 2 atom stereocenters. The Labute approximate surface area is 112 Å². The standard InChI is InChI=1S/C15H30N2O/c1-13(2)16-9-4-3-5-10-17-11-12-18-15-8-6-7-14(15)17/h13-16H,3-12H2,1-2H3. The maximum atomic E-state index is 5.85. The van der Waals surface area contributed by atoms with E-state index in [0.29, 0.717) is 12.1 Å². The van der Waals surface area contributed by atoms with Gasteiger partial charge in [-0.1, -0.05) is 20.3 Å². The van der Waals surface area contributed by atoms with Gasteiger partial charge in [0.25, 0.3) is 0 Å². The van der Waals surface area contributed by atoms with Crippen molar-refractivity contribution < 1.29 is 4.74 Å². The Morgan fingerprint density at radius 1 is 1.22 bits per heavy atom. The van der Waals surface area contributed by atoms with Crippen LogP contribution in [-0.4, -0.2) is 49.3 Å². The van der Waals surface area contributed by atoms with Crippen LogP contribution in [0.15, 0.2) is 0 Å². The monoisotopic (exact) mass is 254 g/mol. The number of hydrogen-bond donors (Lipinski definition) is 1. The van der Waals surface area contributed by atoms with Crippen molar-refractivity contribution in [3.05, 3.63) is 0 Å². The highest BCUT2D eigenvalue weighted by atomic mass is 16.5. The molecule has 2 fully saturated rings. The molecule has 1 aliphatic heterocycles. The summed E-state index contributed by atoms with van der Waals surface area (Å²) in [4.78, 5) is 2.69. The average Bonchev–Trinajstić information content (AvgIpc) is 2.82. The lowest BCUT2D eigenvalue weighted by Crippen LogP contribution is -2.48. The predicted molar refractivity (Wildman–Crippen MR) is 75.9 cm³/mol. The highest BCUT2D eigenvalue weighted by Gasteiger charge is 2.35. The van der Waals surface area contributed by atoms with E-state index in [1.54, 1.807) is 0 Å². The molecule has 0 aromatic carbocycles. The van der Waals surface area contributed by atoms with E-state index in [0.717, 1.165) is 19.2 Å². The molecule has 2 unspecified atom stereocenters. The van der Waals surface area contributed by atoms with Gasteiger partial charge in [-0.05, 0) is 45.2 Å². The molecule has 106 valence electrons. The summed E-state index contributed by atoms with van der Waals surface area (Å²) in [6, 6.07) is 1.37. The maximum Gasteiger partial charge on any atom is 0.0730 e. The fraction of sp³-hybridized carbons (Fsp3) is 1.00. The Kier molecular flexibility index (Phi) is 5.93. The van der Waals surface area contributed by atoms with Gasteiger partial charge in [-0.15, -0.1) is 0 Å². The molecular weight excluding hydrogens is 224 g/mol. The highest BCUT2D eigenvalue weighted by molar-refractivity contribution is 4.89. The van der Waals surface area contributed by atoms with Crippen molar-refractivity contribution >= 4 is 0 Å². The van der Waals surface area contributed by atoms with Crippen LogP contribution in [0.5, 0.6) is 0 Å². The van der Waals surface area contributed by atoms with Gasteiger partial charge in [-0.25, -0.2) is 0 Å². The molecule has 1 aliphatic carbocycles. The summed E-state index contributed by atoms with van der Waals surface area (Å²) in [5.41, 5.74) is 0. The normalized spacial score (nSPS) is 28.8. The zero-order chi connectivity index (χ0) is 12.8. The summed E-state index contributed by atoms with van der Waals surface area (Å²) >= 11 is 0. The minimum atomic E-state index is 0.557. The third kappa shape index (κ3) is 4.22. The Hall–Kier alpha value is -0.120. The quantitative estimate of drug-likeness (QED) is 0.706. The first-order chi connectivity index (χ1) is 8.77. The average molecular weight is 254 g/mol. The molecule has 3 nitrogen and oxygen atoms in total. The highest BCUT2D eigenvalue weighted by Crippen LogP contribution is 2.29. The van der Waals surface area contributed by atoms with E-state index >= 15 is 0 Å². The van der Waals surface area contributed by atoms with E-state index in [-0.39, 0.29) is 0 Å². The van der Waals surface area contributed by atoms with Gasteiger partial charge in [-0.3, -0.25) is 4.90 Å². The molecule has 18 heavy (non-hydrogen) atoms. The molecule has 3 heteroatoms. The van der Waals surface area contributed by atoms with E-state index in [4.69, 9.17) is 4.74 Å². The molecule has 0 spiro atoms. The second-order valence-corrected chi connectivity index (χ2v) is 6.11. The van der Waals surface area contributed by atoms with Crippen molar-refractivity contribution in [3.63, 3.8) is 0 Å². The molecule has 0 amide bonds. The fourth-order valence-electron chi connectivity index (χ4n) is 3.29. The third-order valence-corrected chi connectivity index (χ3v) is 4.27. The molecule has 0 bridgehead atoms. The zero-order valence-corrected chi connectivity index (χ0v) is 12.2. The lowest BCUT2D eigenvalue weighted by Gasteiger charge is -2.37. The summed E-state index contributed by atoms with van der Waals surface area (Å²) < 4.78 is 5.85. The molecule has 0 aromatic rings. The van der Waals surface area contributed by atoms with Crippen molar-refractivity contribution in [3.8, 4) is 0 Å². The number of nitrogens with zero attached hydrogens (tertiary/aromatic N) is 1. The summed E-state index contributed by atoms with van der Waals surface area (Å²) in [5, 5.41) is 3.49. The van der Waals surface area contributed by atoms with Gasteiger partial charge >= 0.3 is 0 Å². The predicted octanol–water partition coefficient (Wildman–Crippen LogP) is 2.41. The topological polar surface area (TPSA) is 24.5 Å². The van der Waals surface area contributed by atoms with Gasteiger partial charge < -0.3 is 10.1 Å².